The third kappa shape index (κ3) is 5.30. The Morgan fingerprint density at radius 2 is 1.70 bits per heavy atom. The van der Waals surface area contributed by atoms with Crippen LogP contribution >= 0.6 is 0 Å². The molecule has 1 atom stereocenters. The van der Waals surface area contributed by atoms with Crippen LogP contribution in [0, 0.1) is 0 Å². The number of benzene rings is 2. The summed E-state index contributed by atoms with van der Waals surface area (Å²) in [6.07, 6.45) is 3.68. The van der Waals surface area contributed by atoms with E-state index in [1.807, 2.05) is 30.3 Å². The molecule has 33 heavy (non-hydrogen) atoms. The van der Waals surface area contributed by atoms with Gasteiger partial charge in [0.25, 0.3) is 0 Å². The van der Waals surface area contributed by atoms with E-state index in [9.17, 15) is 4.79 Å². The van der Waals surface area contributed by atoms with Gasteiger partial charge in [0.2, 0.25) is 11.9 Å². The summed E-state index contributed by atoms with van der Waals surface area (Å²) in [5.41, 5.74) is 4.75. The van der Waals surface area contributed by atoms with Crippen molar-refractivity contribution < 1.29 is 4.79 Å². The third-order valence-corrected chi connectivity index (χ3v) is 6.09. The van der Waals surface area contributed by atoms with Crippen LogP contribution in [0.25, 0.3) is 11.3 Å². The molecule has 3 aromatic rings. The Bertz CT molecular complexity index is 1070. The van der Waals surface area contributed by atoms with E-state index in [4.69, 9.17) is 0 Å². The van der Waals surface area contributed by atoms with Gasteiger partial charge in [-0.2, -0.15) is 0 Å². The highest BCUT2D eigenvalue weighted by molar-refractivity contribution is 5.95. The first-order valence-corrected chi connectivity index (χ1v) is 11.6. The van der Waals surface area contributed by atoms with Crippen LogP contribution in [0.15, 0.2) is 60.8 Å². The van der Waals surface area contributed by atoms with Crippen LogP contribution in [-0.4, -0.2) is 54.6 Å². The van der Waals surface area contributed by atoms with E-state index in [1.165, 1.54) is 5.69 Å². The fraction of sp³-hybridized carbons (Fsp3) is 0.320. The SMILES string of the molecule is O=C(Nc1ccc(-c2ccnc(Nc3ccc(N4CCNCC4)cc3)n2)cc1)[C@H]1CCCN1. The van der Waals surface area contributed by atoms with E-state index in [-0.39, 0.29) is 11.9 Å². The number of nitrogens with zero attached hydrogens (tertiary/aromatic N) is 3. The first-order chi connectivity index (χ1) is 16.2. The van der Waals surface area contributed by atoms with Gasteiger partial charge in [-0.1, -0.05) is 12.1 Å². The molecule has 0 saturated carbocycles. The average molecular weight is 444 g/mol. The summed E-state index contributed by atoms with van der Waals surface area (Å²) in [5.74, 6) is 0.573. The summed E-state index contributed by atoms with van der Waals surface area (Å²) in [6, 6.07) is 17.9. The standard InChI is InChI=1S/C25H29N7O/c33-24(23-2-1-12-27-23)29-19-5-3-18(4-6-19)22-11-13-28-25(31-22)30-20-7-9-21(10-8-20)32-16-14-26-15-17-32/h3-11,13,23,26-27H,1-2,12,14-17H2,(H,29,33)(H,28,30,31)/t23-/m1/s1. The first-order valence-electron chi connectivity index (χ1n) is 11.6. The summed E-state index contributed by atoms with van der Waals surface area (Å²) in [6.45, 7) is 4.99. The molecule has 2 aliphatic rings. The number of carbonyl (C=O) groups is 1. The van der Waals surface area contributed by atoms with Crippen molar-refractivity contribution in [3.8, 4) is 11.3 Å². The van der Waals surface area contributed by atoms with Crippen LogP contribution < -0.4 is 26.2 Å². The smallest absolute Gasteiger partial charge is 0.241 e. The molecule has 170 valence electrons. The molecule has 1 aromatic heterocycles. The van der Waals surface area contributed by atoms with Crippen molar-refractivity contribution in [2.45, 2.75) is 18.9 Å². The fourth-order valence-corrected chi connectivity index (χ4v) is 4.25. The largest absolute Gasteiger partial charge is 0.369 e. The van der Waals surface area contributed by atoms with Gasteiger partial charge in [0.15, 0.2) is 0 Å². The lowest BCUT2D eigenvalue weighted by Crippen LogP contribution is -2.43. The third-order valence-electron chi connectivity index (χ3n) is 6.09. The number of amides is 1. The molecule has 0 spiro atoms. The van der Waals surface area contributed by atoms with Gasteiger partial charge in [-0.3, -0.25) is 4.79 Å². The highest BCUT2D eigenvalue weighted by atomic mass is 16.2. The van der Waals surface area contributed by atoms with Crippen LogP contribution in [0.3, 0.4) is 0 Å². The second-order valence-corrected chi connectivity index (χ2v) is 8.39. The Balaban J connectivity index is 1.23. The van der Waals surface area contributed by atoms with Crippen molar-refractivity contribution >= 4 is 28.9 Å². The molecule has 8 heteroatoms. The molecule has 2 fully saturated rings. The number of anilines is 4. The van der Waals surface area contributed by atoms with Crippen LogP contribution in [0.2, 0.25) is 0 Å². The van der Waals surface area contributed by atoms with Gasteiger partial charge in [-0.15, -0.1) is 0 Å². The predicted molar refractivity (Wildman–Crippen MR) is 132 cm³/mol. The number of nitrogens with one attached hydrogen (secondary N) is 4. The number of carbonyl (C=O) groups excluding carboxylic acids is 1. The van der Waals surface area contributed by atoms with Gasteiger partial charge in [0.05, 0.1) is 11.7 Å². The molecule has 0 unspecified atom stereocenters. The highest BCUT2D eigenvalue weighted by Crippen LogP contribution is 2.23. The molecule has 0 radical (unpaired) electrons. The van der Waals surface area contributed by atoms with Gasteiger partial charge in [0, 0.05) is 55.0 Å². The molecule has 2 aromatic carbocycles. The number of aromatic nitrogens is 2. The molecule has 2 aliphatic heterocycles. The first kappa shape index (κ1) is 21.4. The molecule has 3 heterocycles. The van der Waals surface area contributed by atoms with Gasteiger partial charge < -0.3 is 26.2 Å². The average Bonchev–Trinajstić information content (AvgIpc) is 3.41. The van der Waals surface area contributed by atoms with Crippen LogP contribution in [-0.2, 0) is 4.79 Å². The van der Waals surface area contributed by atoms with E-state index >= 15 is 0 Å². The number of hydrogen-bond acceptors (Lipinski definition) is 7. The zero-order valence-corrected chi connectivity index (χ0v) is 18.6. The van der Waals surface area contributed by atoms with Gasteiger partial charge in [-0.05, 0) is 61.9 Å². The van der Waals surface area contributed by atoms with Crippen molar-refractivity contribution in [3.05, 3.63) is 60.8 Å². The Labute approximate surface area is 193 Å². The molecular weight excluding hydrogens is 414 g/mol. The van der Waals surface area contributed by atoms with Crippen LogP contribution in [0.5, 0.6) is 0 Å². The minimum absolute atomic E-state index is 0.0248. The van der Waals surface area contributed by atoms with Crippen molar-refractivity contribution in [1.29, 1.82) is 0 Å². The monoisotopic (exact) mass is 443 g/mol. The van der Waals surface area contributed by atoms with E-state index in [0.717, 1.165) is 68.2 Å². The summed E-state index contributed by atoms with van der Waals surface area (Å²) in [5, 5.41) is 12.9. The van der Waals surface area contributed by atoms with Crippen molar-refractivity contribution in [3.63, 3.8) is 0 Å². The van der Waals surface area contributed by atoms with Gasteiger partial charge in [-0.25, -0.2) is 9.97 Å². The van der Waals surface area contributed by atoms with Gasteiger partial charge >= 0.3 is 0 Å². The Morgan fingerprint density at radius 1 is 0.939 bits per heavy atom. The van der Waals surface area contributed by atoms with E-state index in [0.29, 0.717) is 5.95 Å². The maximum atomic E-state index is 12.3. The molecule has 4 N–H and O–H groups in total. The van der Waals surface area contributed by atoms with E-state index in [1.54, 1.807) is 6.20 Å². The molecule has 2 saturated heterocycles. The van der Waals surface area contributed by atoms with Crippen molar-refractivity contribution in [2.24, 2.45) is 0 Å². The molecule has 8 nitrogen and oxygen atoms in total. The Morgan fingerprint density at radius 3 is 2.42 bits per heavy atom. The maximum Gasteiger partial charge on any atom is 0.241 e. The Kier molecular flexibility index (Phi) is 6.46. The van der Waals surface area contributed by atoms with Crippen LogP contribution in [0.4, 0.5) is 23.0 Å². The minimum atomic E-state index is -0.0916. The zero-order valence-electron chi connectivity index (χ0n) is 18.6. The lowest BCUT2D eigenvalue weighted by Gasteiger charge is -2.29. The summed E-state index contributed by atoms with van der Waals surface area (Å²) in [4.78, 5) is 23.7. The van der Waals surface area contributed by atoms with Gasteiger partial charge in [0.1, 0.15) is 0 Å². The normalized spacial score (nSPS) is 18.2. The number of piperazine rings is 1. The maximum absolute atomic E-state index is 12.3. The second-order valence-electron chi connectivity index (χ2n) is 8.39. The lowest BCUT2D eigenvalue weighted by atomic mass is 10.1. The van der Waals surface area contributed by atoms with Crippen molar-refractivity contribution in [1.82, 2.24) is 20.6 Å². The fourth-order valence-electron chi connectivity index (χ4n) is 4.25. The number of hydrogen-bond donors (Lipinski definition) is 4. The highest BCUT2D eigenvalue weighted by Gasteiger charge is 2.21. The topological polar surface area (TPSA) is 94.2 Å². The summed E-state index contributed by atoms with van der Waals surface area (Å²) < 4.78 is 0. The summed E-state index contributed by atoms with van der Waals surface area (Å²) in [7, 11) is 0. The molecule has 0 bridgehead atoms. The Hall–Kier alpha value is -3.49. The minimum Gasteiger partial charge on any atom is -0.369 e. The molecule has 0 aliphatic carbocycles. The second kappa shape index (κ2) is 9.97. The van der Waals surface area contributed by atoms with E-state index in [2.05, 4.69) is 60.4 Å². The molecule has 1 amide bonds. The molecule has 5 rings (SSSR count). The quantitative estimate of drug-likeness (QED) is 0.465. The number of rotatable bonds is 6. The molecular formula is C25H29N7O. The lowest BCUT2D eigenvalue weighted by molar-refractivity contribution is -0.117. The van der Waals surface area contributed by atoms with Crippen LogP contribution in [0.1, 0.15) is 12.8 Å². The summed E-state index contributed by atoms with van der Waals surface area (Å²) >= 11 is 0. The van der Waals surface area contributed by atoms with E-state index < -0.39 is 0 Å². The zero-order chi connectivity index (χ0) is 22.5. The predicted octanol–water partition coefficient (Wildman–Crippen LogP) is 2.99. The van der Waals surface area contributed by atoms with Crippen molar-refractivity contribution in [2.75, 3.05) is 48.3 Å².